The Kier molecular flexibility index (Phi) is 7.03. The third kappa shape index (κ3) is 5.06. The molecule has 0 atom stereocenters. The number of carbonyl (C=O) groups excluding carboxylic acids is 3. The molecule has 162 valence electrons. The molecule has 0 unspecified atom stereocenters. The Balaban J connectivity index is 2.36. The van der Waals surface area contributed by atoms with Gasteiger partial charge in [0.05, 0.1) is 22.6 Å². The second kappa shape index (κ2) is 9.11. The van der Waals surface area contributed by atoms with E-state index in [1.165, 1.54) is 14.0 Å². The number of nitrogens with zero attached hydrogens (tertiary/aromatic N) is 1. The van der Waals surface area contributed by atoms with E-state index in [2.05, 4.69) is 10.6 Å². The van der Waals surface area contributed by atoms with Crippen molar-refractivity contribution in [3.8, 4) is 0 Å². The lowest BCUT2D eigenvalue weighted by Gasteiger charge is -2.11. The first-order chi connectivity index (χ1) is 14.0. The summed E-state index contributed by atoms with van der Waals surface area (Å²) >= 11 is 0.811. The number of ether oxygens (including phenoxy) is 1. The van der Waals surface area contributed by atoms with Gasteiger partial charge in [0.15, 0.2) is 0 Å². The van der Waals surface area contributed by atoms with Crippen molar-refractivity contribution in [2.75, 3.05) is 19.0 Å². The fraction of sp³-hybridized carbons (Fsp3) is 0.333. The minimum atomic E-state index is -4.68. The number of halogens is 3. The van der Waals surface area contributed by atoms with Gasteiger partial charge in [0.1, 0.15) is 11.5 Å². The van der Waals surface area contributed by atoms with E-state index in [4.69, 9.17) is 4.74 Å². The molecular weight excluding hydrogens is 427 g/mol. The normalized spacial score (nSPS) is 11.1. The molecule has 0 spiro atoms. The Labute approximate surface area is 172 Å². The summed E-state index contributed by atoms with van der Waals surface area (Å²) in [5.41, 5.74) is -1.65. The first-order valence-corrected chi connectivity index (χ1v) is 9.41. The molecule has 0 aliphatic rings. The predicted molar refractivity (Wildman–Crippen MR) is 103 cm³/mol. The van der Waals surface area contributed by atoms with E-state index in [1.807, 2.05) is 0 Å². The van der Waals surface area contributed by atoms with Crippen LogP contribution in [-0.4, -0.2) is 36.0 Å². The molecule has 0 aliphatic carbocycles. The van der Waals surface area contributed by atoms with Crippen LogP contribution in [0.15, 0.2) is 23.1 Å². The standard InChI is InChI=1S/C18H18F3N3O5S/c1-4-29-17(28)13-9(2)14(15(27)22-3)30-16(13)23-11(25)8-24-7-10(18(19,20)21)5-6-12(24)26/h5-7H,4,8H2,1-3H3,(H,22,27)(H,23,25). The minimum Gasteiger partial charge on any atom is -0.462 e. The van der Waals surface area contributed by atoms with Gasteiger partial charge in [0, 0.05) is 19.3 Å². The fourth-order valence-electron chi connectivity index (χ4n) is 2.52. The Morgan fingerprint density at radius 2 is 1.90 bits per heavy atom. The number of esters is 1. The zero-order chi connectivity index (χ0) is 22.6. The zero-order valence-electron chi connectivity index (χ0n) is 16.2. The fourth-order valence-corrected chi connectivity index (χ4v) is 3.68. The number of amides is 2. The molecule has 2 amide bonds. The number of aromatic nitrogens is 1. The van der Waals surface area contributed by atoms with Crippen LogP contribution in [-0.2, 0) is 22.3 Å². The van der Waals surface area contributed by atoms with Crippen LogP contribution in [0.25, 0.3) is 0 Å². The molecular formula is C18H18F3N3O5S. The van der Waals surface area contributed by atoms with E-state index in [9.17, 15) is 32.3 Å². The van der Waals surface area contributed by atoms with E-state index in [1.54, 1.807) is 6.92 Å². The highest BCUT2D eigenvalue weighted by atomic mass is 32.1. The van der Waals surface area contributed by atoms with Crippen molar-refractivity contribution in [1.29, 1.82) is 0 Å². The topological polar surface area (TPSA) is 106 Å². The molecule has 0 saturated carbocycles. The number of anilines is 1. The zero-order valence-corrected chi connectivity index (χ0v) is 17.0. The largest absolute Gasteiger partial charge is 0.462 e. The van der Waals surface area contributed by atoms with E-state index in [0.29, 0.717) is 22.9 Å². The summed E-state index contributed by atoms with van der Waals surface area (Å²) in [5, 5.41) is 4.79. The maximum absolute atomic E-state index is 12.9. The van der Waals surface area contributed by atoms with E-state index < -0.39 is 41.6 Å². The van der Waals surface area contributed by atoms with Crippen LogP contribution >= 0.6 is 11.3 Å². The van der Waals surface area contributed by atoms with Crippen LogP contribution in [0.2, 0.25) is 0 Å². The number of pyridine rings is 1. The third-order valence-corrected chi connectivity index (χ3v) is 5.14. The van der Waals surface area contributed by atoms with Gasteiger partial charge in [-0.05, 0) is 25.5 Å². The summed E-state index contributed by atoms with van der Waals surface area (Å²) in [7, 11) is 1.39. The molecule has 0 aromatic carbocycles. The number of thiophene rings is 1. The van der Waals surface area contributed by atoms with Crippen LogP contribution in [0.3, 0.4) is 0 Å². The summed E-state index contributed by atoms with van der Waals surface area (Å²) in [5.74, 6) is -2.11. The van der Waals surface area contributed by atoms with Crippen molar-refractivity contribution in [3.63, 3.8) is 0 Å². The van der Waals surface area contributed by atoms with Crippen molar-refractivity contribution in [2.24, 2.45) is 0 Å². The SMILES string of the molecule is CCOC(=O)c1c(NC(=O)Cn2cc(C(F)(F)F)ccc2=O)sc(C(=O)NC)c1C. The van der Waals surface area contributed by atoms with Gasteiger partial charge >= 0.3 is 12.1 Å². The average molecular weight is 445 g/mol. The molecule has 0 fully saturated rings. The number of carbonyl (C=O) groups is 3. The van der Waals surface area contributed by atoms with Gasteiger partial charge in [-0.2, -0.15) is 13.2 Å². The minimum absolute atomic E-state index is 0.00502. The summed E-state index contributed by atoms with van der Waals surface area (Å²) in [6.07, 6.45) is -4.15. The molecule has 2 heterocycles. The molecule has 2 rings (SSSR count). The lowest BCUT2D eigenvalue weighted by Crippen LogP contribution is -2.28. The smallest absolute Gasteiger partial charge is 0.417 e. The summed E-state index contributed by atoms with van der Waals surface area (Å²) in [6.45, 7) is 2.41. The third-order valence-electron chi connectivity index (χ3n) is 3.94. The predicted octanol–water partition coefficient (Wildman–Crippen LogP) is 2.41. The van der Waals surface area contributed by atoms with E-state index >= 15 is 0 Å². The van der Waals surface area contributed by atoms with Gasteiger partial charge in [0.25, 0.3) is 11.5 Å². The van der Waals surface area contributed by atoms with Crippen LogP contribution in [0, 0.1) is 6.92 Å². The van der Waals surface area contributed by atoms with Crippen molar-refractivity contribution in [3.05, 3.63) is 50.3 Å². The molecule has 0 bridgehead atoms. The first-order valence-electron chi connectivity index (χ1n) is 8.59. The molecule has 2 aromatic heterocycles. The Morgan fingerprint density at radius 1 is 1.23 bits per heavy atom. The number of alkyl halides is 3. The number of hydrogen-bond acceptors (Lipinski definition) is 6. The van der Waals surface area contributed by atoms with Crippen molar-refractivity contribution < 1.29 is 32.3 Å². The first kappa shape index (κ1) is 23.1. The van der Waals surface area contributed by atoms with E-state index in [-0.39, 0.29) is 27.6 Å². The van der Waals surface area contributed by atoms with Crippen LogP contribution < -0.4 is 16.2 Å². The number of nitrogens with one attached hydrogen (secondary N) is 2. The summed E-state index contributed by atoms with van der Waals surface area (Å²) in [6, 6.07) is 1.33. The monoisotopic (exact) mass is 445 g/mol. The number of rotatable bonds is 6. The quantitative estimate of drug-likeness (QED) is 0.665. The van der Waals surface area contributed by atoms with Crippen molar-refractivity contribution >= 4 is 34.1 Å². The molecule has 0 radical (unpaired) electrons. The second-order valence-corrected chi connectivity index (χ2v) is 7.01. The second-order valence-electron chi connectivity index (χ2n) is 5.99. The molecule has 0 saturated heterocycles. The van der Waals surface area contributed by atoms with Gasteiger partial charge in [-0.25, -0.2) is 4.79 Å². The van der Waals surface area contributed by atoms with Gasteiger partial charge in [-0.1, -0.05) is 0 Å². The maximum atomic E-state index is 12.9. The highest BCUT2D eigenvalue weighted by Gasteiger charge is 2.31. The van der Waals surface area contributed by atoms with Gasteiger partial charge in [0.2, 0.25) is 5.91 Å². The molecule has 0 aliphatic heterocycles. The molecule has 12 heteroatoms. The average Bonchev–Trinajstić information content (AvgIpc) is 2.98. The highest BCUT2D eigenvalue weighted by Crippen LogP contribution is 2.34. The summed E-state index contributed by atoms with van der Waals surface area (Å²) in [4.78, 5) is 48.7. The molecule has 2 aromatic rings. The van der Waals surface area contributed by atoms with Crippen molar-refractivity contribution in [2.45, 2.75) is 26.6 Å². The lowest BCUT2D eigenvalue weighted by atomic mass is 10.1. The van der Waals surface area contributed by atoms with Crippen LogP contribution in [0.1, 0.15) is 38.1 Å². The van der Waals surface area contributed by atoms with Gasteiger partial charge in [-0.15, -0.1) is 11.3 Å². The van der Waals surface area contributed by atoms with Crippen LogP contribution in [0.4, 0.5) is 18.2 Å². The van der Waals surface area contributed by atoms with E-state index in [0.717, 1.165) is 11.3 Å². The molecule has 30 heavy (non-hydrogen) atoms. The van der Waals surface area contributed by atoms with Crippen molar-refractivity contribution in [1.82, 2.24) is 9.88 Å². The Bertz CT molecular complexity index is 1040. The number of hydrogen-bond donors (Lipinski definition) is 2. The Morgan fingerprint density at radius 3 is 2.47 bits per heavy atom. The van der Waals surface area contributed by atoms with Crippen LogP contribution in [0.5, 0.6) is 0 Å². The summed E-state index contributed by atoms with van der Waals surface area (Å²) < 4.78 is 44.1. The highest BCUT2D eigenvalue weighted by molar-refractivity contribution is 7.18. The molecule has 8 nitrogen and oxygen atoms in total. The molecule has 2 N–H and O–H groups in total. The van der Waals surface area contributed by atoms with Gasteiger partial charge < -0.3 is 19.9 Å². The Hall–Kier alpha value is -3.15. The lowest BCUT2D eigenvalue weighted by molar-refractivity contribution is -0.138. The maximum Gasteiger partial charge on any atom is 0.417 e. The van der Waals surface area contributed by atoms with Gasteiger partial charge in [-0.3, -0.25) is 14.4 Å².